The second-order valence-electron chi connectivity index (χ2n) is 5.35. The van der Waals surface area contributed by atoms with Crippen LogP contribution in [0.4, 0.5) is 0 Å². The Morgan fingerprint density at radius 1 is 1.11 bits per heavy atom. The van der Waals surface area contributed by atoms with Crippen molar-refractivity contribution in [2.75, 3.05) is 19.6 Å². The number of carbonyl (C=O) groups excluding carboxylic acids is 2. The molecule has 4 heteroatoms. The average Bonchev–Trinajstić information content (AvgIpc) is 2.45. The Bertz CT molecular complexity index is 299. The molecule has 0 radical (unpaired) electrons. The highest BCUT2D eigenvalue weighted by atomic mass is 16.2. The average molecular weight is 268 g/mol. The van der Waals surface area contributed by atoms with Gasteiger partial charge in [-0.3, -0.25) is 9.59 Å². The molecule has 4 nitrogen and oxygen atoms in total. The van der Waals surface area contributed by atoms with E-state index in [0.717, 1.165) is 38.6 Å². The van der Waals surface area contributed by atoms with E-state index < -0.39 is 0 Å². The zero-order valence-electron chi connectivity index (χ0n) is 12.7. The summed E-state index contributed by atoms with van der Waals surface area (Å²) in [7, 11) is 0. The molecule has 0 saturated carbocycles. The van der Waals surface area contributed by atoms with Gasteiger partial charge in [-0.05, 0) is 38.5 Å². The van der Waals surface area contributed by atoms with E-state index in [9.17, 15) is 9.59 Å². The van der Waals surface area contributed by atoms with E-state index >= 15 is 0 Å². The molecule has 0 aromatic carbocycles. The number of likely N-dealkylation sites (tertiary alicyclic amines) is 1. The normalized spacial score (nSPS) is 19.3. The maximum atomic E-state index is 12.4. The van der Waals surface area contributed by atoms with E-state index in [1.165, 1.54) is 6.42 Å². The minimum absolute atomic E-state index is 0.260. The maximum Gasteiger partial charge on any atom is 0.312 e. The van der Waals surface area contributed by atoms with Gasteiger partial charge in [-0.15, -0.1) is 0 Å². The monoisotopic (exact) mass is 268 g/mol. The van der Waals surface area contributed by atoms with E-state index in [-0.39, 0.29) is 17.9 Å². The minimum atomic E-state index is -0.302. The lowest BCUT2D eigenvalue weighted by Gasteiger charge is -2.36. The van der Waals surface area contributed by atoms with E-state index in [0.29, 0.717) is 13.1 Å². The minimum Gasteiger partial charge on any atom is -0.334 e. The summed E-state index contributed by atoms with van der Waals surface area (Å²) in [6.07, 6.45) is 5.98. The van der Waals surface area contributed by atoms with Crippen LogP contribution >= 0.6 is 0 Å². The Kier molecular flexibility index (Phi) is 6.89. The zero-order chi connectivity index (χ0) is 14.3. The van der Waals surface area contributed by atoms with Gasteiger partial charge in [-0.25, -0.2) is 0 Å². The van der Waals surface area contributed by atoms with Gasteiger partial charge in [0.1, 0.15) is 0 Å². The van der Waals surface area contributed by atoms with E-state index in [2.05, 4.69) is 6.92 Å². The number of hydrogen-bond donors (Lipinski definition) is 0. The van der Waals surface area contributed by atoms with Gasteiger partial charge in [0.2, 0.25) is 0 Å². The topological polar surface area (TPSA) is 40.6 Å². The lowest BCUT2D eigenvalue weighted by molar-refractivity contribution is -0.154. The predicted molar refractivity (Wildman–Crippen MR) is 76.8 cm³/mol. The third-order valence-electron chi connectivity index (χ3n) is 3.82. The van der Waals surface area contributed by atoms with Gasteiger partial charge < -0.3 is 9.80 Å². The molecule has 0 aromatic rings. The predicted octanol–water partition coefficient (Wildman–Crippen LogP) is 2.43. The van der Waals surface area contributed by atoms with Crippen molar-refractivity contribution in [1.29, 1.82) is 0 Å². The van der Waals surface area contributed by atoms with E-state index in [1.807, 2.05) is 18.7 Å². The molecule has 0 N–H and O–H groups in total. The van der Waals surface area contributed by atoms with Crippen LogP contribution in [0.2, 0.25) is 0 Å². The standard InChI is InChI=1S/C15H28N2O2/c1-4-10-16(11-5-2)14(18)15(19)17-12-8-7-9-13(17)6-3/h13H,4-12H2,1-3H3. The Morgan fingerprint density at radius 3 is 2.26 bits per heavy atom. The van der Waals surface area contributed by atoms with Gasteiger partial charge >= 0.3 is 11.8 Å². The summed E-state index contributed by atoms with van der Waals surface area (Å²) in [6.45, 7) is 8.28. The third-order valence-corrected chi connectivity index (χ3v) is 3.82. The molecule has 0 spiro atoms. The molecular weight excluding hydrogens is 240 g/mol. The van der Waals surface area contributed by atoms with Crippen LogP contribution in [0.5, 0.6) is 0 Å². The van der Waals surface area contributed by atoms with Crippen LogP contribution < -0.4 is 0 Å². The summed E-state index contributed by atoms with van der Waals surface area (Å²) in [6, 6.07) is 0.260. The van der Waals surface area contributed by atoms with Crippen LogP contribution in [0, 0.1) is 0 Å². The fourth-order valence-corrected chi connectivity index (χ4v) is 2.81. The number of amides is 2. The highest BCUT2D eigenvalue weighted by molar-refractivity contribution is 6.35. The Morgan fingerprint density at radius 2 is 1.74 bits per heavy atom. The fraction of sp³-hybridized carbons (Fsp3) is 0.867. The first-order chi connectivity index (χ1) is 9.15. The van der Waals surface area contributed by atoms with Gasteiger partial charge in [0.15, 0.2) is 0 Å². The van der Waals surface area contributed by atoms with Crippen LogP contribution in [-0.4, -0.2) is 47.3 Å². The molecular formula is C15H28N2O2. The second kappa shape index (κ2) is 8.18. The van der Waals surface area contributed by atoms with Gasteiger partial charge in [0.05, 0.1) is 0 Å². The van der Waals surface area contributed by atoms with Gasteiger partial charge in [0, 0.05) is 25.7 Å². The molecule has 1 saturated heterocycles. The van der Waals surface area contributed by atoms with Crippen molar-refractivity contribution in [2.45, 2.75) is 65.3 Å². The zero-order valence-corrected chi connectivity index (χ0v) is 12.7. The number of piperidine rings is 1. The summed E-state index contributed by atoms with van der Waals surface area (Å²) >= 11 is 0. The molecule has 1 aliphatic heterocycles. The number of hydrogen-bond acceptors (Lipinski definition) is 2. The number of nitrogens with zero attached hydrogens (tertiary/aromatic N) is 2. The van der Waals surface area contributed by atoms with Crippen molar-refractivity contribution in [3.63, 3.8) is 0 Å². The third kappa shape index (κ3) is 4.22. The molecule has 1 fully saturated rings. The molecule has 1 aliphatic rings. The molecule has 110 valence electrons. The lowest BCUT2D eigenvalue weighted by Crippen LogP contribution is -2.51. The van der Waals surface area contributed by atoms with Crippen LogP contribution in [0.3, 0.4) is 0 Å². The first-order valence-corrected chi connectivity index (χ1v) is 7.75. The van der Waals surface area contributed by atoms with Crippen LogP contribution in [0.15, 0.2) is 0 Å². The van der Waals surface area contributed by atoms with Crippen molar-refractivity contribution in [3.8, 4) is 0 Å². The van der Waals surface area contributed by atoms with Crippen molar-refractivity contribution >= 4 is 11.8 Å². The van der Waals surface area contributed by atoms with E-state index in [4.69, 9.17) is 0 Å². The number of rotatable bonds is 5. The summed E-state index contributed by atoms with van der Waals surface area (Å²) in [5.41, 5.74) is 0. The highest BCUT2D eigenvalue weighted by Gasteiger charge is 2.31. The molecule has 0 bridgehead atoms. The molecule has 1 rings (SSSR count). The van der Waals surface area contributed by atoms with Crippen molar-refractivity contribution in [1.82, 2.24) is 9.80 Å². The van der Waals surface area contributed by atoms with Crippen LogP contribution in [0.25, 0.3) is 0 Å². The smallest absolute Gasteiger partial charge is 0.312 e. The quantitative estimate of drug-likeness (QED) is 0.719. The number of carbonyl (C=O) groups is 2. The Labute approximate surface area is 117 Å². The van der Waals surface area contributed by atoms with Gasteiger partial charge in [0.25, 0.3) is 0 Å². The summed E-state index contributed by atoms with van der Waals surface area (Å²) in [5.74, 6) is -0.586. The lowest BCUT2D eigenvalue weighted by atomic mass is 10.00. The molecule has 0 aromatic heterocycles. The van der Waals surface area contributed by atoms with E-state index in [1.54, 1.807) is 4.90 Å². The van der Waals surface area contributed by atoms with Crippen molar-refractivity contribution in [3.05, 3.63) is 0 Å². The second-order valence-corrected chi connectivity index (χ2v) is 5.35. The van der Waals surface area contributed by atoms with Crippen LogP contribution in [-0.2, 0) is 9.59 Å². The van der Waals surface area contributed by atoms with Gasteiger partial charge in [-0.1, -0.05) is 20.8 Å². The maximum absolute atomic E-state index is 12.4. The molecule has 19 heavy (non-hydrogen) atoms. The highest BCUT2D eigenvalue weighted by Crippen LogP contribution is 2.20. The summed E-state index contributed by atoms with van der Waals surface area (Å²) in [5, 5.41) is 0. The summed E-state index contributed by atoms with van der Waals surface area (Å²) < 4.78 is 0. The first kappa shape index (κ1) is 16.0. The van der Waals surface area contributed by atoms with Crippen molar-refractivity contribution < 1.29 is 9.59 Å². The van der Waals surface area contributed by atoms with Crippen molar-refractivity contribution in [2.24, 2.45) is 0 Å². The van der Waals surface area contributed by atoms with Gasteiger partial charge in [-0.2, -0.15) is 0 Å². The Hall–Kier alpha value is -1.06. The molecule has 1 unspecified atom stereocenters. The molecule has 1 atom stereocenters. The first-order valence-electron chi connectivity index (χ1n) is 7.75. The molecule has 1 heterocycles. The molecule has 0 aliphatic carbocycles. The SMILES string of the molecule is CCCN(CCC)C(=O)C(=O)N1CCCCC1CC. The Balaban J connectivity index is 2.69. The largest absolute Gasteiger partial charge is 0.334 e. The van der Waals surface area contributed by atoms with Crippen LogP contribution in [0.1, 0.15) is 59.3 Å². The fourth-order valence-electron chi connectivity index (χ4n) is 2.81. The summed E-state index contributed by atoms with van der Waals surface area (Å²) in [4.78, 5) is 28.2. The molecule has 2 amide bonds.